The SMILES string of the molecule is CCNC(=NCc1ccnc(N2CCCCCC2)c1)N1CCC(N2CCCC2)C1. The second kappa shape index (κ2) is 10.3. The Morgan fingerprint density at radius 3 is 2.59 bits per heavy atom. The van der Waals surface area contributed by atoms with E-state index in [9.17, 15) is 0 Å². The Labute approximate surface area is 176 Å². The number of hydrogen-bond donors (Lipinski definition) is 1. The van der Waals surface area contributed by atoms with E-state index in [-0.39, 0.29) is 0 Å². The van der Waals surface area contributed by atoms with Crippen LogP contribution in [0.15, 0.2) is 23.3 Å². The predicted octanol–water partition coefficient (Wildman–Crippen LogP) is 3.10. The molecule has 1 aromatic rings. The molecule has 0 amide bonds. The molecule has 6 nitrogen and oxygen atoms in total. The smallest absolute Gasteiger partial charge is 0.194 e. The fraction of sp³-hybridized carbons (Fsp3) is 0.739. The predicted molar refractivity (Wildman–Crippen MR) is 121 cm³/mol. The molecule has 0 radical (unpaired) electrons. The van der Waals surface area contributed by atoms with Crippen LogP contribution in [0.4, 0.5) is 5.82 Å². The lowest BCUT2D eigenvalue weighted by molar-refractivity contribution is 0.249. The van der Waals surface area contributed by atoms with Crippen molar-refractivity contribution in [2.45, 2.75) is 64.5 Å². The third kappa shape index (κ3) is 5.41. The number of anilines is 1. The summed E-state index contributed by atoms with van der Waals surface area (Å²) in [6.07, 6.45) is 11.2. The summed E-state index contributed by atoms with van der Waals surface area (Å²) in [5, 5.41) is 3.52. The lowest BCUT2D eigenvalue weighted by Gasteiger charge is -2.25. The molecule has 0 aliphatic carbocycles. The molecule has 1 unspecified atom stereocenters. The lowest BCUT2D eigenvalue weighted by atomic mass is 10.2. The molecule has 3 aliphatic heterocycles. The van der Waals surface area contributed by atoms with E-state index in [2.05, 4.69) is 44.1 Å². The highest BCUT2D eigenvalue weighted by atomic mass is 15.3. The fourth-order valence-corrected chi connectivity index (χ4v) is 4.96. The average Bonchev–Trinajstić information content (AvgIpc) is 3.38. The molecule has 4 rings (SSSR count). The average molecular weight is 399 g/mol. The molecule has 3 fully saturated rings. The highest BCUT2D eigenvalue weighted by Crippen LogP contribution is 2.21. The van der Waals surface area contributed by atoms with Gasteiger partial charge in [-0.2, -0.15) is 0 Å². The first-order valence-corrected chi connectivity index (χ1v) is 11.8. The van der Waals surface area contributed by atoms with Crippen molar-refractivity contribution in [1.82, 2.24) is 20.1 Å². The minimum Gasteiger partial charge on any atom is -0.357 e. The Morgan fingerprint density at radius 1 is 1.07 bits per heavy atom. The molecule has 29 heavy (non-hydrogen) atoms. The van der Waals surface area contributed by atoms with Gasteiger partial charge in [0.2, 0.25) is 0 Å². The summed E-state index contributed by atoms with van der Waals surface area (Å²) in [5.74, 6) is 2.20. The van der Waals surface area contributed by atoms with Crippen LogP contribution in [0.25, 0.3) is 0 Å². The van der Waals surface area contributed by atoms with Crippen molar-refractivity contribution in [3.8, 4) is 0 Å². The standard InChI is InChI=1S/C23H38N6/c1-2-24-23(29-16-10-21(19-29)27-12-7-8-13-27)26-18-20-9-11-25-22(17-20)28-14-5-3-4-6-15-28/h9,11,17,21H,2-8,10,12-16,18-19H2,1H3,(H,24,26). The topological polar surface area (TPSA) is 47.0 Å². The van der Waals surface area contributed by atoms with Crippen LogP contribution in [0.3, 0.4) is 0 Å². The van der Waals surface area contributed by atoms with E-state index in [1.54, 1.807) is 0 Å². The number of nitrogens with one attached hydrogen (secondary N) is 1. The van der Waals surface area contributed by atoms with Gasteiger partial charge in [0.1, 0.15) is 5.82 Å². The minimum absolute atomic E-state index is 0.705. The maximum Gasteiger partial charge on any atom is 0.194 e. The quantitative estimate of drug-likeness (QED) is 0.610. The lowest BCUT2D eigenvalue weighted by Crippen LogP contribution is -2.42. The number of hydrogen-bond acceptors (Lipinski definition) is 4. The summed E-state index contributed by atoms with van der Waals surface area (Å²) in [7, 11) is 0. The second-order valence-electron chi connectivity index (χ2n) is 8.73. The number of aliphatic imine (C=N–C) groups is 1. The Balaban J connectivity index is 1.39. The maximum absolute atomic E-state index is 5.00. The molecule has 3 aliphatic rings. The van der Waals surface area contributed by atoms with E-state index >= 15 is 0 Å². The summed E-state index contributed by atoms with van der Waals surface area (Å²) < 4.78 is 0. The van der Waals surface area contributed by atoms with Crippen LogP contribution in [0.5, 0.6) is 0 Å². The van der Waals surface area contributed by atoms with Gasteiger partial charge in [0.05, 0.1) is 6.54 Å². The van der Waals surface area contributed by atoms with Crippen LogP contribution in [0, 0.1) is 0 Å². The molecule has 0 bridgehead atoms. The molecule has 0 aromatic carbocycles. The van der Waals surface area contributed by atoms with Crippen LogP contribution >= 0.6 is 0 Å². The van der Waals surface area contributed by atoms with Gasteiger partial charge in [-0.15, -0.1) is 0 Å². The first-order chi connectivity index (χ1) is 14.3. The van der Waals surface area contributed by atoms with Gasteiger partial charge in [0.15, 0.2) is 5.96 Å². The first-order valence-electron chi connectivity index (χ1n) is 11.8. The van der Waals surface area contributed by atoms with Crippen molar-refractivity contribution in [1.29, 1.82) is 0 Å². The van der Waals surface area contributed by atoms with Gasteiger partial charge in [-0.05, 0) is 69.8 Å². The monoisotopic (exact) mass is 398 g/mol. The molecule has 4 heterocycles. The van der Waals surface area contributed by atoms with Crippen molar-refractivity contribution in [3.63, 3.8) is 0 Å². The molecule has 6 heteroatoms. The van der Waals surface area contributed by atoms with E-state index in [1.165, 1.54) is 63.6 Å². The Hall–Kier alpha value is -1.82. The molecule has 1 N–H and O–H groups in total. The van der Waals surface area contributed by atoms with Crippen LogP contribution in [-0.4, -0.2) is 72.6 Å². The molecule has 1 atom stereocenters. The Morgan fingerprint density at radius 2 is 1.83 bits per heavy atom. The summed E-state index contributed by atoms with van der Waals surface area (Å²) in [5.41, 5.74) is 1.25. The molecule has 3 saturated heterocycles. The van der Waals surface area contributed by atoms with E-state index in [0.29, 0.717) is 6.04 Å². The van der Waals surface area contributed by atoms with Gasteiger partial charge in [-0.1, -0.05) is 12.8 Å². The van der Waals surface area contributed by atoms with Crippen molar-refractivity contribution in [2.24, 2.45) is 4.99 Å². The molecule has 0 saturated carbocycles. The highest BCUT2D eigenvalue weighted by Gasteiger charge is 2.30. The zero-order chi connectivity index (χ0) is 19.9. The van der Waals surface area contributed by atoms with Crippen LogP contribution < -0.4 is 10.2 Å². The van der Waals surface area contributed by atoms with E-state index in [0.717, 1.165) is 51.0 Å². The molecule has 0 spiro atoms. The number of nitrogens with zero attached hydrogens (tertiary/aromatic N) is 5. The van der Waals surface area contributed by atoms with Crippen LogP contribution in [0.1, 0.15) is 57.4 Å². The van der Waals surface area contributed by atoms with Crippen LogP contribution in [0.2, 0.25) is 0 Å². The van der Waals surface area contributed by atoms with Gasteiger partial charge in [-0.3, -0.25) is 4.90 Å². The molecular weight excluding hydrogens is 360 g/mol. The van der Waals surface area contributed by atoms with Gasteiger partial charge in [-0.25, -0.2) is 9.98 Å². The molecular formula is C23H38N6. The summed E-state index contributed by atoms with van der Waals surface area (Å²) in [4.78, 5) is 17.2. The third-order valence-corrected chi connectivity index (χ3v) is 6.61. The van der Waals surface area contributed by atoms with Crippen molar-refractivity contribution >= 4 is 11.8 Å². The number of pyridine rings is 1. The van der Waals surface area contributed by atoms with Gasteiger partial charge in [0, 0.05) is 45.0 Å². The first kappa shape index (κ1) is 20.5. The van der Waals surface area contributed by atoms with E-state index < -0.39 is 0 Å². The molecule has 1 aromatic heterocycles. The fourth-order valence-electron chi connectivity index (χ4n) is 4.96. The Bertz CT molecular complexity index is 661. The van der Waals surface area contributed by atoms with Crippen molar-refractivity contribution < 1.29 is 0 Å². The van der Waals surface area contributed by atoms with Crippen LogP contribution in [-0.2, 0) is 6.54 Å². The van der Waals surface area contributed by atoms with E-state index in [1.807, 2.05) is 6.20 Å². The number of aromatic nitrogens is 1. The summed E-state index contributed by atoms with van der Waals surface area (Å²) in [6, 6.07) is 5.07. The minimum atomic E-state index is 0.705. The highest BCUT2D eigenvalue weighted by molar-refractivity contribution is 5.80. The number of guanidine groups is 1. The van der Waals surface area contributed by atoms with Gasteiger partial charge >= 0.3 is 0 Å². The van der Waals surface area contributed by atoms with Crippen molar-refractivity contribution in [3.05, 3.63) is 23.9 Å². The summed E-state index contributed by atoms with van der Waals surface area (Å²) >= 11 is 0. The van der Waals surface area contributed by atoms with Gasteiger partial charge in [0.25, 0.3) is 0 Å². The molecule has 160 valence electrons. The van der Waals surface area contributed by atoms with Crippen molar-refractivity contribution in [2.75, 3.05) is 50.7 Å². The third-order valence-electron chi connectivity index (χ3n) is 6.61. The normalized spacial score (nSPS) is 24.2. The number of rotatable bonds is 5. The number of likely N-dealkylation sites (tertiary alicyclic amines) is 2. The zero-order valence-corrected chi connectivity index (χ0v) is 18.2. The van der Waals surface area contributed by atoms with E-state index in [4.69, 9.17) is 4.99 Å². The second-order valence-corrected chi connectivity index (χ2v) is 8.73. The van der Waals surface area contributed by atoms with Gasteiger partial charge < -0.3 is 15.1 Å². The maximum atomic E-state index is 5.00. The zero-order valence-electron chi connectivity index (χ0n) is 18.2. The summed E-state index contributed by atoms with van der Waals surface area (Å²) in [6.45, 7) is 10.8. The Kier molecular flexibility index (Phi) is 7.25. The largest absolute Gasteiger partial charge is 0.357 e.